The van der Waals surface area contributed by atoms with Crippen LogP contribution in [0.2, 0.25) is 0 Å². The van der Waals surface area contributed by atoms with E-state index in [1.807, 2.05) is 0 Å². The summed E-state index contributed by atoms with van der Waals surface area (Å²) in [5.74, 6) is 0. The summed E-state index contributed by atoms with van der Waals surface area (Å²) in [6.45, 7) is -1.12. The Morgan fingerprint density at radius 1 is 0.941 bits per heavy atom. The van der Waals surface area contributed by atoms with Crippen LogP contribution in [-0.2, 0) is 19.0 Å². The van der Waals surface area contributed by atoms with E-state index >= 15 is 0 Å². The first-order valence-corrected chi connectivity index (χ1v) is 4.94. The van der Waals surface area contributed by atoms with Crippen molar-refractivity contribution in [3.8, 4) is 0 Å². The van der Waals surface area contributed by atoms with Gasteiger partial charge in [-0.25, -0.2) is 0 Å². The molecule has 0 aliphatic heterocycles. The van der Waals surface area contributed by atoms with Crippen LogP contribution in [0.5, 0.6) is 0 Å². The third-order valence-corrected chi connectivity index (χ3v) is 2.63. The molecule has 0 aliphatic carbocycles. The largest absolute Gasteiger partial charge is 0.417 e. The second-order valence-corrected chi connectivity index (χ2v) is 4.00. The summed E-state index contributed by atoms with van der Waals surface area (Å²) < 4.78 is 73.8. The molecule has 0 heterocycles. The van der Waals surface area contributed by atoms with Crippen molar-refractivity contribution in [1.29, 1.82) is 0 Å². The van der Waals surface area contributed by atoms with Crippen LogP contribution in [0.1, 0.15) is 16.7 Å². The summed E-state index contributed by atoms with van der Waals surface area (Å²) >= 11 is 2.44. The maximum Gasteiger partial charge on any atom is 0.417 e. The standard InChI is InChI=1S/C9H5BrF6O/c10-7-2-5(8(11,12)13)4(3-17)1-6(7)9(14,15)16/h1-2,17H,3H2. The second-order valence-electron chi connectivity index (χ2n) is 3.14. The highest BCUT2D eigenvalue weighted by Crippen LogP contribution is 2.40. The molecule has 0 saturated carbocycles. The van der Waals surface area contributed by atoms with Gasteiger partial charge in [0.25, 0.3) is 0 Å². The summed E-state index contributed by atoms with van der Waals surface area (Å²) in [6, 6.07) is 0.598. The number of alkyl halides is 6. The molecule has 0 fully saturated rings. The van der Waals surface area contributed by atoms with Crippen LogP contribution in [0, 0.1) is 0 Å². The molecule has 1 aromatic carbocycles. The van der Waals surface area contributed by atoms with Gasteiger partial charge in [0.15, 0.2) is 0 Å². The molecule has 0 aliphatic rings. The van der Waals surface area contributed by atoms with Crippen LogP contribution in [0.3, 0.4) is 0 Å². The number of hydrogen-bond donors (Lipinski definition) is 1. The smallest absolute Gasteiger partial charge is 0.392 e. The first-order valence-electron chi connectivity index (χ1n) is 4.15. The first kappa shape index (κ1) is 14.3. The van der Waals surface area contributed by atoms with Crippen LogP contribution in [0.25, 0.3) is 0 Å². The van der Waals surface area contributed by atoms with Crippen LogP contribution in [0.4, 0.5) is 26.3 Å². The molecule has 96 valence electrons. The van der Waals surface area contributed by atoms with E-state index in [0.29, 0.717) is 6.07 Å². The minimum atomic E-state index is -4.81. The summed E-state index contributed by atoms with van der Waals surface area (Å²) in [7, 11) is 0. The molecule has 1 rings (SSSR count). The fourth-order valence-electron chi connectivity index (χ4n) is 1.23. The lowest BCUT2D eigenvalue weighted by Gasteiger charge is -2.16. The van der Waals surface area contributed by atoms with Crippen molar-refractivity contribution in [3.63, 3.8) is 0 Å². The van der Waals surface area contributed by atoms with E-state index in [-0.39, 0.29) is 6.07 Å². The molecule has 0 spiro atoms. The van der Waals surface area contributed by atoms with E-state index in [1.165, 1.54) is 0 Å². The van der Waals surface area contributed by atoms with Crippen molar-refractivity contribution < 1.29 is 31.4 Å². The highest BCUT2D eigenvalue weighted by molar-refractivity contribution is 9.10. The van der Waals surface area contributed by atoms with Gasteiger partial charge in [-0.05, 0) is 17.7 Å². The van der Waals surface area contributed by atoms with Gasteiger partial charge in [-0.2, -0.15) is 26.3 Å². The van der Waals surface area contributed by atoms with E-state index in [1.54, 1.807) is 0 Å². The Labute approximate surface area is 100 Å². The van der Waals surface area contributed by atoms with Gasteiger partial charge < -0.3 is 5.11 Å². The Morgan fingerprint density at radius 3 is 1.76 bits per heavy atom. The highest BCUT2D eigenvalue weighted by atomic mass is 79.9. The Hall–Kier alpha value is -0.760. The van der Waals surface area contributed by atoms with Crippen molar-refractivity contribution in [3.05, 3.63) is 33.3 Å². The Balaban J connectivity index is 3.46. The minimum absolute atomic E-state index is 0.285. The van der Waals surface area contributed by atoms with Crippen molar-refractivity contribution >= 4 is 15.9 Å². The average molecular weight is 323 g/mol. The summed E-state index contributed by atoms with van der Waals surface area (Å²) in [6.07, 6.45) is -9.60. The lowest BCUT2D eigenvalue weighted by molar-refractivity contribution is -0.142. The molecule has 17 heavy (non-hydrogen) atoms. The quantitative estimate of drug-likeness (QED) is 0.775. The number of aliphatic hydroxyl groups excluding tert-OH is 1. The highest BCUT2D eigenvalue weighted by Gasteiger charge is 2.38. The topological polar surface area (TPSA) is 20.2 Å². The summed E-state index contributed by atoms with van der Waals surface area (Å²) in [4.78, 5) is 0. The number of hydrogen-bond acceptors (Lipinski definition) is 1. The van der Waals surface area contributed by atoms with Gasteiger partial charge in [-0.1, -0.05) is 15.9 Å². The van der Waals surface area contributed by atoms with Gasteiger partial charge in [0.05, 0.1) is 17.7 Å². The van der Waals surface area contributed by atoms with E-state index < -0.39 is 40.1 Å². The molecular weight excluding hydrogens is 318 g/mol. The molecule has 0 amide bonds. The Morgan fingerprint density at radius 2 is 1.41 bits per heavy atom. The maximum atomic E-state index is 12.4. The third-order valence-electron chi connectivity index (χ3n) is 1.97. The van der Waals surface area contributed by atoms with E-state index in [9.17, 15) is 26.3 Å². The summed E-state index contributed by atoms with van der Waals surface area (Å²) in [5, 5.41) is 8.68. The number of benzene rings is 1. The molecule has 0 bridgehead atoms. The van der Waals surface area contributed by atoms with Gasteiger partial charge >= 0.3 is 12.4 Å². The van der Waals surface area contributed by atoms with Crippen LogP contribution in [0.15, 0.2) is 16.6 Å². The number of halogens is 7. The molecule has 1 N–H and O–H groups in total. The zero-order valence-corrected chi connectivity index (χ0v) is 9.54. The zero-order valence-electron chi connectivity index (χ0n) is 7.95. The van der Waals surface area contributed by atoms with Crippen molar-refractivity contribution in [1.82, 2.24) is 0 Å². The molecule has 1 nitrogen and oxygen atoms in total. The fraction of sp³-hybridized carbons (Fsp3) is 0.333. The predicted molar refractivity (Wildman–Crippen MR) is 50.1 cm³/mol. The second kappa shape index (κ2) is 4.49. The lowest BCUT2D eigenvalue weighted by atomic mass is 10.0. The fourth-order valence-corrected chi connectivity index (χ4v) is 1.80. The lowest BCUT2D eigenvalue weighted by Crippen LogP contribution is -2.13. The molecule has 0 aromatic heterocycles. The molecule has 0 saturated heterocycles. The number of aliphatic hydroxyl groups is 1. The third kappa shape index (κ3) is 3.12. The molecule has 0 radical (unpaired) electrons. The van der Waals surface area contributed by atoms with E-state index in [4.69, 9.17) is 5.11 Å². The normalized spacial score (nSPS) is 12.9. The first-order chi connectivity index (χ1) is 7.57. The van der Waals surface area contributed by atoms with Crippen molar-refractivity contribution in [2.75, 3.05) is 0 Å². The summed E-state index contributed by atoms with van der Waals surface area (Å²) in [5.41, 5.74) is -3.36. The SMILES string of the molecule is OCc1cc(C(F)(F)F)c(Br)cc1C(F)(F)F. The molecule has 8 heteroatoms. The van der Waals surface area contributed by atoms with Gasteiger partial charge in [0.2, 0.25) is 0 Å². The zero-order chi connectivity index (χ0) is 13.4. The average Bonchev–Trinajstić information content (AvgIpc) is 2.14. The molecule has 0 unspecified atom stereocenters. The monoisotopic (exact) mass is 322 g/mol. The predicted octanol–water partition coefficient (Wildman–Crippen LogP) is 3.98. The van der Waals surface area contributed by atoms with E-state index in [0.717, 1.165) is 0 Å². The Bertz CT molecular complexity index is 423. The molecular formula is C9H5BrF6O. The van der Waals surface area contributed by atoms with Gasteiger partial charge in [0, 0.05) is 4.47 Å². The van der Waals surface area contributed by atoms with E-state index in [2.05, 4.69) is 15.9 Å². The van der Waals surface area contributed by atoms with Gasteiger partial charge in [0.1, 0.15) is 0 Å². The number of rotatable bonds is 1. The van der Waals surface area contributed by atoms with Crippen molar-refractivity contribution in [2.45, 2.75) is 19.0 Å². The van der Waals surface area contributed by atoms with Crippen molar-refractivity contribution in [2.24, 2.45) is 0 Å². The molecule has 0 atom stereocenters. The van der Waals surface area contributed by atoms with Crippen LogP contribution in [-0.4, -0.2) is 5.11 Å². The van der Waals surface area contributed by atoms with Gasteiger partial charge in [-0.3, -0.25) is 0 Å². The minimum Gasteiger partial charge on any atom is -0.392 e. The Kier molecular flexibility index (Phi) is 3.78. The molecule has 1 aromatic rings. The van der Waals surface area contributed by atoms with Crippen LogP contribution >= 0.6 is 15.9 Å². The maximum absolute atomic E-state index is 12.4. The van der Waals surface area contributed by atoms with Gasteiger partial charge in [-0.15, -0.1) is 0 Å². The van der Waals surface area contributed by atoms with Crippen LogP contribution < -0.4 is 0 Å².